The second kappa shape index (κ2) is 6.00. The number of aromatic nitrogens is 2. The van der Waals surface area contributed by atoms with Crippen molar-refractivity contribution in [3.05, 3.63) is 71.2 Å². The summed E-state index contributed by atoms with van der Waals surface area (Å²) < 4.78 is 1.98. The SMILES string of the molecule is Cc1ccc(CNC(C#N)c2c(C)nc3ccccn23)cc1. The van der Waals surface area contributed by atoms with Crippen molar-refractivity contribution >= 4 is 5.65 Å². The third kappa shape index (κ3) is 2.72. The van der Waals surface area contributed by atoms with Gasteiger partial charge in [0, 0.05) is 12.7 Å². The van der Waals surface area contributed by atoms with Crippen LogP contribution in [0.1, 0.15) is 28.6 Å². The second-order valence-electron chi connectivity index (χ2n) is 5.44. The molecule has 3 aromatic rings. The fraction of sp³-hybridized carbons (Fsp3) is 0.222. The molecule has 0 aliphatic carbocycles. The fourth-order valence-corrected chi connectivity index (χ4v) is 2.61. The average Bonchev–Trinajstić information content (AvgIpc) is 2.86. The highest BCUT2D eigenvalue weighted by Gasteiger charge is 2.18. The number of hydrogen-bond donors (Lipinski definition) is 1. The van der Waals surface area contributed by atoms with Crippen LogP contribution in [0.5, 0.6) is 0 Å². The summed E-state index contributed by atoms with van der Waals surface area (Å²) >= 11 is 0. The number of benzene rings is 1. The molecule has 1 aromatic carbocycles. The van der Waals surface area contributed by atoms with Crippen molar-refractivity contribution < 1.29 is 0 Å². The van der Waals surface area contributed by atoms with Crippen molar-refractivity contribution in [2.24, 2.45) is 0 Å². The van der Waals surface area contributed by atoms with Gasteiger partial charge in [0.05, 0.1) is 17.5 Å². The number of nitrogens with zero attached hydrogens (tertiary/aromatic N) is 3. The van der Waals surface area contributed by atoms with E-state index in [0.717, 1.165) is 22.6 Å². The summed E-state index contributed by atoms with van der Waals surface area (Å²) in [6.45, 7) is 4.66. The molecule has 3 rings (SSSR count). The Morgan fingerprint density at radius 1 is 1.18 bits per heavy atom. The van der Waals surface area contributed by atoms with Gasteiger partial charge in [-0.2, -0.15) is 5.26 Å². The topological polar surface area (TPSA) is 53.1 Å². The van der Waals surface area contributed by atoms with Gasteiger partial charge in [-0.15, -0.1) is 0 Å². The van der Waals surface area contributed by atoms with Gasteiger partial charge in [-0.1, -0.05) is 35.9 Å². The number of imidazole rings is 1. The molecule has 0 aliphatic heterocycles. The Balaban J connectivity index is 1.86. The van der Waals surface area contributed by atoms with Crippen molar-refractivity contribution in [3.63, 3.8) is 0 Å². The van der Waals surface area contributed by atoms with Gasteiger partial charge in [0.2, 0.25) is 0 Å². The van der Waals surface area contributed by atoms with Crippen LogP contribution in [0.4, 0.5) is 0 Å². The van der Waals surface area contributed by atoms with Crippen LogP contribution in [0.25, 0.3) is 5.65 Å². The lowest BCUT2D eigenvalue weighted by atomic mass is 10.1. The highest BCUT2D eigenvalue weighted by Crippen LogP contribution is 2.19. The molecule has 110 valence electrons. The first-order valence-corrected chi connectivity index (χ1v) is 7.31. The zero-order valence-electron chi connectivity index (χ0n) is 12.7. The Bertz CT molecular complexity index is 824. The highest BCUT2D eigenvalue weighted by molar-refractivity contribution is 5.44. The summed E-state index contributed by atoms with van der Waals surface area (Å²) in [5.41, 5.74) is 5.06. The Labute approximate surface area is 130 Å². The maximum Gasteiger partial charge on any atom is 0.138 e. The number of hydrogen-bond acceptors (Lipinski definition) is 3. The van der Waals surface area contributed by atoms with Crippen molar-refractivity contribution in [2.75, 3.05) is 0 Å². The van der Waals surface area contributed by atoms with E-state index in [1.807, 2.05) is 35.7 Å². The molecule has 0 saturated heterocycles. The van der Waals surface area contributed by atoms with E-state index in [2.05, 4.69) is 47.6 Å². The molecule has 0 aliphatic rings. The molecule has 1 N–H and O–H groups in total. The zero-order valence-corrected chi connectivity index (χ0v) is 12.7. The van der Waals surface area contributed by atoms with Crippen LogP contribution >= 0.6 is 0 Å². The number of fused-ring (bicyclic) bond motifs is 1. The Kier molecular flexibility index (Phi) is 3.90. The molecule has 0 bridgehead atoms. The first-order valence-electron chi connectivity index (χ1n) is 7.31. The quantitative estimate of drug-likeness (QED) is 0.802. The van der Waals surface area contributed by atoms with Crippen molar-refractivity contribution in [2.45, 2.75) is 26.4 Å². The first kappa shape index (κ1) is 14.3. The monoisotopic (exact) mass is 290 g/mol. The van der Waals surface area contributed by atoms with E-state index >= 15 is 0 Å². The van der Waals surface area contributed by atoms with Crippen molar-refractivity contribution in [1.82, 2.24) is 14.7 Å². The van der Waals surface area contributed by atoms with Gasteiger partial charge in [-0.05, 0) is 31.5 Å². The molecule has 0 fully saturated rings. The average molecular weight is 290 g/mol. The molecule has 0 saturated carbocycles. The van der Waals surface area contributed by atoms with E-state index in [-0.39, 0.29) is 0 Å². The summed E-state index contributed by atoms with van der Waals surface area (Å²) in [5.74, 6) is 0. The molecule has 0 spiro atoms. The largest absolute Gasteiger partial charge is 0.301 e. The van der Waals surface area contributed by atoms with E-state index in [1.165, 1.54) is 5.56 Å². The number of nitriles is 1. The second-order valence-corrected chi connectivity index (χ2v) is 5.44. The number of pyridine rings is 1. The van der Waals surface area contributed by atoms with Crippen LogP contribution in [0.15, 0.2) is 48.7 Å². The van der Waals surface area contributed by atoms with Gasteiger partial charge in [0.25, 0.3) is 0 Å². The molecule has 1 unspecified atom stereocenters. The number of nitrogens with one attached hydrogen (secondary N) is 1. The van der Waals surface area contributed by atoms with E-state index in [0.29, 0.717) is 6.54 Å². The minimum absolute atomic E-state index is 0.390. The molecular formula is C18H18N4. The summed E-state index contributed by atoms with van der Waals surface area (Å²) in [7, 11) is 0. The molecule has 4 nitrogen and oxygen atoms in total. The van der Waals surface area contributed by atoms with Gasteiger partial charge < -0.3 is 4.40 Å². The molecule has 0 radical (unpaired) electrons. The van der Waals surface area contributed by atoms with E-state index in [1.54, 1.807) is 0 Å². The maximum absolute atomic E-state index is 9.55. The fourth-order valence-electron chi connectivity index (χ4n) is 2.61. The van der Waals surface area contributed by atoms with Gasteiger partial charge in [0.15, 0.2) is 0 Å². The summed E-state index contributed by atoms with van der Waals surface area (Å²) in [4.78, 5) is 4.52. The van der Waals surface area contributed by atoms with E-state index < -0.39 is 6.04 Å². The van der Waals surface area contributed by atoms with Gasteiger partial charge >= 0.3 is 0 Å². The molecule has 0 amide bonds. The molecular weight excluding hydrogens is 272 g/mol. The third-order valence-electron chi connectivity index (χ3n) is 3.78. The lowest BCUT2D eigenvalue weighted by Gasteiger charge is -2.13. The van der Waals surface area contributed by atoms with E-state index in [9.17, 15) is 5.26 Å². The van der Waals surface area contributed by atoms with E-state index in [4.69, 9.17) is 0 Å². The molecule has 2 heterocycles. The van der Waals surface area contributed by atoms with Crippen LogP contribution < -0.4 is 5.32 Å². The standard InChI is InChI=1S/C18H18N4/c1-13-6-8-15(9-7-13)12-20-16(11-19)18-14(2)21-17-5-3-4-10-22(17)18/h3-10,16,20H,12H2,1-2H3. The molecule has 1 atom stereocenters. The minimum Gasteiger partial charge on any atom is -0.301 e. The van der Waals surface area contributed by atoms with Gasteiger partial charge in [-0.25, -0.2) is 4.98 Å². The van der Waals surface area contributed by atoms with Crippen LogP contribution in [0.3, 0.4) is 0 Å². The minimum atomic E-state index is -0.390. The van der Waals surface area contributed by atoms with Crippen LogP contribution in [-0.4, -0.2) is 9.38 Å². The zero-order chi connectivity index (χ0) is 15.5. The Morgan fingerprint density at radius 2 is 1.95 bits per heavy atom. The highest BCUT2D eigenvalue weighted by atomic mass is 15.1. The van der Waals surface area contributed by atoms with Crippen molar-refractivity contribution in [1.29, 1.82) is 5.26 Å². The molecule has 2 aromatic heterocycles. The van der Waals surface area contributed by atoms with Gasteiger partial charge in [0.1, 0.15) is 11.7 Å². The summed E-state index contributed by atoms with van der Waals surface area (Å²) in [6.07, 6.45) is 1.95. The van der Waals surface area contributed by atoms with Gasteiger partial charge in [-0.3, -0.25) is 5.32 Å². The lowest BCUT2D eigenvalue weighted by molar-refractivity contribution is 0.609. The van der Waals surface area contributed by atoms with Crippen LogP contribution in [0, 0.1) is 25.2 Å². The molecule has 22 heavy (non-hydrogen) atoms. The smallest absolute Gasteiger partial charge is 0.138 e. The lowest BCUT2D eigenvalue weighted by Crippen LogP contribution is -2.21. The van der Waals surface area contributed by atoms with Crippen LogP contribution in [-0.2, 0) is 6.54 Å². The Morgan fingerprint density at radius 3 is 2.68 bits per heavy atom. The summed E-state index contributed by atoms with van der Waals surface area (Å²) in [5, 5.41) is 12.9. The number of aryl methyl sites for hydroxylation is 2. The van der Waals surface area contributed by atoms with Crippen molar-refractivity contribution in [3.8, 4) is 6.07 Å². The Hall–Kier alpha value is -2.64. The first-order chi connectivity index (χ1) is 10.7. The predicted octanol–water partition coefficient (Wildman–Crippen LogP) is 3.31. The van der Waals surface area contributed by atoms with Crippen LogP contribution in [0.2, 0.25) is 0 Å². The predicted molar refractivity (Wildman–Crippen MR) is 86.3 cm³/mol. The molecule has 4 heteroatoms. The maximum atomic E-state index is 9.55. The number of rotatable bonds is 4. The summed E-state index contributed by atoms with van der Waals surface area (Å²) in [6, 6.07) is 16.1. The normalized spacial score (nSPS) is 12.2. The third-order valence-corrected chi connectivity index (χ3v) is 3.78.